The van der Waals surface area contributed by atoms with Crippen LogP contribution in [0.5, 0.6) is 0 Å². The molecule has 0 N–H and O–H groups in total. The summed E-state index contributed by atoms with van der Waals surface area (Å²) in [5.41, 5.74) is 20.0. The van der Waals surface area contributed by atoms with Crippen LogP contribution in [0.2, 0.25) is 0 Å². The molecule has 0 atom stereocenters. The van der Waals surface area contributed by atoms with Crippen LogP contribution >= 0.6 is 0 Å². The van der Waals surface area contributed by atoms with Crippen molar-refractivity contribution in [3.8, 4) is 0 Å². The molecule has 136 heavy (non-hydrogen) atoms. The molecule has 12 aromatic carbocycles. The summed E-state index contributed by atoms with van der Waals surface area (Å²) < 4.78 is 70.8. The Hall–Kier alpha value is -11.8. The van der Waals surface area contributed by atoms with Gasteiger partial charge in [-0.15, -0.1) is 0 Å². The average Bonchev–Trinajstić information content (AvgIpc) is 1.57. The minimum absolute atomic E-state index is 0.109. The molecule has 16 rings (SSSR count). The third kappa shape index (κ3) is 24.2. The predicted molar refractivity (Wildman–Crippen MR) is 532 cm³/mol. The molecule has 0 radical (unpaired) electrons. The Kier molecular flexibility index (Phi) is 35.0. The summed E-state index contributed by atoms with van der Waals surface area (Å²) >= 11 is 0. The smallest absolute Gasteiger partial charge is 0.262 e. The lowest BCUT2D eigenvalue weighted by Crippen LogP contribution is -2.50. The van der Waals surface area contributed by atoms with E-state index in [1.165, 1.54) is 14.2 Å². The van der Waals surface area contributed by atoms with Gasteiger partial charge >= 0.3 is 0 Å². The Morgan fingerprint density at radius 3 is 0.706 bits per heavy atom. The number of benzene rings is 12. The van der Waals surface area contributed by atoms with Crippen LogP contribution in [0.3, 0.4) is 0 Å². The van der Waals surface area contributed by atoms with Crippen LogP contribution in [0, 0.1) is 88.5 Å². The van der Waals surface area contributed by atoms with E-state index < -0.39 is 45.9 Å². The summed E-state index contributed by atoms with van der Waals surface area (Å²) in [4.78, 5) is 78.8. The van der Waals surface area contributed by atoms with E-state index in [1.807, 2.05) is 404 Å². The number of aryl methyl sites for hydroxylation is 12. The third-order valence-corrected chi connectivity index (χ3v) is 24.7. The molecule has 0 saturated carbocycles. The van der Waals surface area contributed by atoms with E-state index in [1.54, 1.807) is 12.1 Å². The highest BCUT2D eigenvalue weighted by Gasteiger charge is 2.62. The molecular weight excluding hydrogens is 1710 g/mol. The highest BCUT2D eigenvalue weighted by molar-refractivity contribution is 6.06. The maximum Gasteiger partial charge on any atom is 0.262 e. The zero-order chi connectivity index (χ0) is 98.6. The van der Waals surface area contributed by atoms with Gasteiger partial charge in [0.1, 0.15) is 0 Å². The van der Waals surface area contributed by atoms with Crippen molar-refractivity contribution in [1.29, 1.82) is 0 Å². The van der Waals surface area contributed by atoms with E-state index >= 15 is 0 Å². The van der Waals surface area contributed by atoms with Gasteiger partial charge in [0.2, 0.25) is 34.7 Å². The van der Waals surface area contributed by atoms with E-state index in [9.17, 15) is 28.8 Å². The van der Waals surface area contributed by atoms with Crippen molar-refractivity contribution in [2.45, 2.75) is 191 Å². The summed E-state index contributed by atoms with van der Waals surface area (Å²) in [5.74, 6) is -9.23. The summed E-state index contributed by atoms with van der Waals surface area (Å²) in [7, 11) is 2.96. The first-order valence-corrected chi connectivity index (χ1v) is 46.4. The van der Waals surface area contributed by atoms with Crippen molar-refractivity contribution in [3.05, 3.63) is 425 Å². The topological polar surface area (TPSA) is 213 Å². The lowest BCUT2D eigenvalue weighted by atomic mass is 9.90. The number of hydrogen-bond acceptors (Lipinski definition) is 18. The molecule has 12 aromatic rings. The summed E-state index contributed by atoms with van der Waals surface area (Å²) in [6.45, 7) is 43.3. The fourth-order valence-electron chi connectivity index (χ4n) is 15.8. The van der Waals surface area contributed by atoms with Gasteiger partial charge in [0.25, 0.3) is 34.7 Å². The lowest BCUT2D eigenvalue weighted by Gasteiger charge is -2.42. The summed E-state index contributed by atoms with van der Waals surface area (Å²) in [6, 6.07) is 91.3. The molecule has 18 nitrogen and oxygen atoms in total. The van der Waals surface area contributed by atoms with Gasteiger partial charge in [-0.2, -0.15) is 0 Å². The second kappa shape index (κ2) is 45.4. The van der Waals surface area contributed by atoms with Crippen molar-refractivity contribution in [2.24, 2.45) is 5.41 Å². The highest BCUT2D eigenvalue weighted by atomic mass is 16.8. The van der Waals surface area contributed by atoms with Gasteiger partial charge in [-0.05, 0) is 131 Å². The average molecular weight is 1840 g/mol. The molecular formula is C118H132O18. The summed E-state index contributed by atoms with van der Waals surface area (Å²) in [5, 5.41) is 0. The Bertz CT molecular complexity index is 5830. The minimum atomic E-state index is -1.43. The van der Waals surface area contributed by atoms with Crippen molar-refractivity contribution >= 4 is 34.7 Å². The SMILES string of the molecule is CCOC(OCC)(C(=O)c1ccc(C)cc1)c1ccc(C)cc1.COC(OC)(C(=O)c1ccc(C)cc1)c1ccc(C)cc1.Cc1ccc(C(=O)C2(c3ccc(C)cc3)OC(C)(C)C(C)(C)O2)cc1.Cc1ccc(C(=O)C2(c3ccc(C)cc3)OCC(C)(C)CO2)cc1.Cc1ccc(C(=O)C2(c3ccc(C)cc3)OCCCO2)cc1.Cc1ccc(C(=O)C2(c3ccc(C)cc3)OCCO2)cc1. The van der Waals surface area contributed by atoms with Gasteiger partial charge in [0.05, 0.1) is 50.8 Å². The van der Waals surface area contributed by atoms with Gasteiger partial charge in [0.15, 0.2) is 0 Å². The second-order valence-corrected chi connectivity index (χ2v) is 37.1. The first kappa shape index (κ1) is 105. The van der Waals surface area contributed by atoms with E-state index in [2.05, 4.69) is 13.8 Å². The Morgan fingerprint density at radius 2 is 0.456 bits per heavy atom. The molecule has 4 fully saturated rings. The molecule has 0 unspecified atom stereocenters. The molecule has 4 saturated heterocycles. The zero-order valence-corrected chi connectivity index (χ0v) is 82.9. The van der Waals surface area contributed by atoms with Gasteiger partial charge in [0, 0.05) is 99.6 Å². The number of hydrogen-bond donors (Lipinski definition) is 0. The number of ether oxygens (including phenoxy) is 12. The second-order valence-electron chi connectivity index (χ2n) is 37.1. The first-order chi connectivity index (χ1) is 64.7. The van der Waals surface area contributed by atoms with E-state index in [-0.39, 0.29) is 40.1 Å². The molecule has 0 bridgehead atoms. The largest absolute Gasteiger partial charge is 0.343 e. The van der Waals surface area contributed by atoms with Crippen LogP contribution in [0.25, 0.3) is 0 Å². The normalized spacial score (nSPS) is 16.2. The van der Waals surface area contributed by atoms with Crippen LogP contribution in [0.1, 0.15) is 224 Å². The summed E-state index contributed by atoms with van der Waals surface area (Å²) in [6.07, 6.45) is 0.800. The maximum absolute atomic E-state index is 13.5. The third-order valence-electron chi connectivity index (χ3n) is 24.7. The fourth-order valence-corrected chi connectivity index (χ4v) is 15.8. The molecule has 4 heterocycles. The minimum Gasteiger partial charge on any atom is -0.343 e. The van der Waals surface area contributed by atoms with Crippen molar-refractivity contribution < 1.29 is 85.6 Å². The maximum atomic E-state index is 13.5. The van der Waals surface area contributed by atoms with Crippen LogP contribution < -0.4 is 0 Å². The molecule has 712 valence electrons. The highest BCUT2D eigenvalue weighted by Crippen LogP contribution is 2.51. The lowest BCUT2D eigenvalue weighted by molar-refractivity contribution is -0.275. The van der Waals surface area contributed by atoms with Crippen LogP contribution in [0.15, 0.2) is 291 Å². The molecule has 0 aliphatic carbocycles. The number of rotatable bonds is 24. The quantitative estimate of drug-likeness (QED) is 0.0406. The number of carbonyl (C=O) groups is 6. The monoisotopic (exact) mass is 1840 g/mol. The zero-order valence-electron chi connectivity index (χ0n) is 82.9. The van der Waals surface area contributed by atoms with Gasteiger partial charge < -0.3 is 56.8 Å². The van der Waals surface area contributed by atoms with E-state index in [4.69, 9.17) is 56.8 Å². The van der Waals surface area contributed by atoms with Crippen LogP contribution in [-0.4, -0.2) is 113 Å². The van der Waals surface area contributed by atoms with Crippen LogP contribution in [0.4, 0.5) is 0 Å². The van der Waals surface area contributed by atoms with Gasteiger partial charge in [-0.3, -0.25) is 28.8 Å². The molecule has 18 heteroatoms. The number of Topliss-reactive ketones (excluding diaryl/α,β-unsaturated/α-hetero) is 6. The Balaban J connectivity index is 0.000000157. The molecule has 0 amide bonds. The van der Waals surface area contributed by atoms with Crippen LogP contribution in [-0.2, 0) is 91.6 Å². The molecule has 4 aliphatic rings. The molecule has 0 aromatic heterocycles. The van der Waals surface area contributed by atoms with Crippen molar-refractivity contribution in [1.82, 2.24) is 0 Å². The van der Waals surface area contributed by atoms with Crippen molar-refractivity contribution in [2.75, 3.05) is 67.1 Å². The predicted octanol–water partition coefficient (Wildman–Crippen LogP) is 24.6. The molecule has 4 aliphatic heterocycles. The Morgan fingerprint density at radius 1 is 0.257 bits per heavy atom. The van der Waals surface area contributed by atoms with Crippen molar-refractivity contribution in [3.63, 3.8) is 0 Å². The fraction of sp³-hybridized carbons (Fsp3) is 0.339. The molecule has 0 spiro atoms. The number of methoxy groups -OCH3 is 2. The van der Waals surface area contributed by atoms with Gasteiger partial charge in [-0.1, -0.05) is 372 Å². The first-order valence-electron chi connectivity index (χ1n) is 46.4. The Labute approximate surface area is 803 Å². The van der Waals surface area contributed by atoms with E-state index in [0.29, 0.717) is 91.8 Å². The number of ketones is 6. The van der Waals surface area contributed by atoms with Gasteiger partial charge in [-0.25, -0.2) is 0 Å². The van der Waals surface area contributed by atoms with E-state index in [0.717, 1.165) is 101 Å². The number of carbonyl (C=O) groups excluding carboxylic acids is 6. The standard InChI is InChI=1S/C22H26O3.C21H24O3.C20H24O3.C19H20O3.C18H18O3.C18H20O3/c1-15-7-11-17(12-8-15)19(23)22(18-13-9-16(2)10-14-18)24-20(3,4)21(5,6)25-22;1-15-5-9-17(10-6-15)19(22)21(18-11-7-16(2)8-12-18)23-13-20(3,4)14-24-21;1-5-22-20(23-6-2,18-13-9-16(4)10-14-18)19(21)17-11-7-15(3)8-12-17;1-14-4-8-16(9-5-14)18(20)19(21-12-3-13-22-19)17-10-6-15(2)7-11-17;1-13-3-7-15(8-4-13)17(19)18(20-11-12-21-18)16-9-5-14(2)6-10-16;1-13-5-9-15(10-6-13)17(19)18(20-3,21-4)16-11-7-14(2)8-12-16/h7-14H,1-6H3;5-12H,13-14H2,1-4H3;7-14H,5-6H2,1-4H3;4-11H,3,12-13H2,1-2H3;3-10H,11-12H2,1-2H3;5-12H,1-4H3.